The van der Waals surface area contributed by atoms with Crippen LogP contribution in [-0.2, 0) is 0 Å². The van der Waals surface area contributed by atoms with Crippen LogP contribution in [-0.4, -0.2) is 37.3 Å². The molecule has 0 aliphatic carbocycles. The van der Waals surface area contributed by atoms with Crippen molar-refractivity contribution in [3.63, 3.8) is 0 Å². The van der Waals surface area contributed by atoms with E-state index in [0.29, 0.717) is 28.6 Å². The Morgan fingerprint density at radius 1 is 1.41 bits per heavy atom. The molecule has 1 saturated heterocycles. The summed E-state index contributed by atoms with van der Waals surface area (Å²) in [6.45, 7) is 3.60. The standard InChI is InChI=1S/C11H15Cl2N3O/c12-8-5-10(13)11(16-6-8)17-4-1-9-7-14-2-3-15-9/h5-6,9,14-15H,1-4,7H2. The molecule has 4 nitrogen and oxygen atoms in total. The molecule has 1 unspecified atom stereocenters. The molecule has 1 aromatic rings. The Morgan fingerprint density at radius 3 is 3.00 bits per heavy atom. The van der Waals surface area contributed by atoms with Crippen LogP contribution in [0, 0.1) is 0 Å². The van der Waals surface area contributed by atoms with Gasteiger partial charge in [0.05, 0.1) is 11.6 Å². The van der Waals surface area contributed by atoms with Crippen molar-refractivity contribution < 1.29 is 4.74 Å². The van der Waals surface area contributed by atoms with Crippen molar-refractivity contribution in [3.8, 4) is 5.88 Å². The first kappa shape index (κ1) is 12.9. The number of rotatable bonds is 4. The lowest BCUT2D eigenvalue weighted by molar-refractivity contribution is 0.266. The zero-order chi connectivity index (χ0) is 12.1. The van der Waals surface area contributed by atoms with E-state index in [1.807, 2.05) is 0 Å². The average molecular weight is 276 g/mol. The van der Waals surface area contributed by atoms with Gasteiger partial charge in [0.2, 0.25) is 5.88 Å². The fourth-order valence-corrected chi connectivity index (χ4v) is 2.16. The summed E-state index contributed by atoms with van der Waals surface area (Å²) in [7, 11) is 0. The molecule has 1 aliphatic rings. The Labute approximate surface area is 111 Å². The first-order valence-electron chi connectivity index (χ1n) is 5.63. The maximum Gasteiger partial charge on any atom is 0.232 e. The molecule has 1 atom stereocenters. The second-order valence-corrected chi connectivity index (χ2v) is 4.78. The average Bonchev–Trinajstić information content (AvgIpc) is 2.33. The lowest BCUT2D eigenvalue weighted by Gasteiger charge is -2.24. The van der Waals surface area contributed by atoms with Crippen molar-refractivity contribution in [1.29, 1.82) is 0 Å². The summed E-state index contributed by atoms with van der Waals surface area (Å²) in [5.74, 6) is 0.444. The van der Waals surface area contributed by atoms with Gasteiger partial charge in [-0.2, -0.15) is 0 Å². The van der Waals surface area contributed by atoms with E-state index in [0.717, 1.165) is 26.1 Å². The summed E-state index contributed by atoms with van der Waals surface area (Å²) in [6, 6.07) is 2.08. The third kappa shape index (κ3) is 4.00. The van der Waals surface area contributed by atoms with Gasteiger partial charge in [-0.3, -0.25) is 0 Å². The van der Waals surface area contributed by atoms with Gasteiger partial charge in [0.15, 0.2) is 0 Å². The SMILES string of the molecule is Clc1cnc(OCCC2CNCCN2)c(Cl)c1. The number of pyridine rings is 1. The maximum absolute atomic E-state index is 5.95. The summed E-state index contributed by atoms with van der Waals surface area (Å²) in [6.07, 6.45) is 2.46. The molecule has 94 valence electrons. The number of nitrogens with one attached hydrogen (secondary N) is 2. The molecule has 1 fully saturated rings. The van der Waals surface area contributed by atoms with Crippen LogP contribution in [0.25, 0.3) is 0 Å². The van der Waals surface area contributed by atoms with Gasteiger partial charge in [0.25, 0.3) is 0 Å². The van der Waals surface area contributed by atoms with E-state index in [2.05, 4.69) is 15.6 Å². The lowest BCUT2D eigenvalue weighted by atomic mass is 10.2. The Hall–Kier alpha value is -0.550. The molecule has 17 heavy (non-hydrogen) atoms. The second kappa shape index (κ2) is 6.40. The van der Waals surface area contributed by atoms with E-state index >= 15 is 0 Å². The minimum atomic E-state index is 0.444. The van der Waals surface area contributed by atoms with Gasteiger partial charge in [-0.1, -0.05) is 23.2 Å². The molecule has 0 spiro atoms. The minimum Gasteiger partial charge on any atom is -0.477 e. The molecule has 2 heterocycles. The largest absolute Gasteiger partial charge is 0.477 e. The summed E-state index contributed by atoms with van der Waals surface area (Å²) in [5, 5.41) is 7.70. The predicted molar refractivity (Wildman–Crippen MR) is 69.0 cm³/mol. The second-order valence-electron chi connectivity index (χ2n) is 3.93. The molecular weight excluding hydrogens is 261 g/mol. The highest BCUT2D eigenvalue weighted by atomic mass is 35.5. The predicted octanol–water partition coefficient (Wildman–Crippen LogP) is 1.72. The van der Waals surface area contributed by atoms with Gasteiger partial charge in [0.1, 0.15) is 5.02 Å². The molecule has 2 N–H and O–H groups in total. The quantitative estimate of drug-likeness (QED) is 0.879. The smallest absolute Gasteiger partial charge is 0.232 e. The third-order valence-electron chi connectivity index (χ3n) is 2.60. The van der Waals surface area contributed by atoms with Crippen molar-refractivity contribution in [2.24, 2.45) is 0 Å². The number of hydrogen-bond donors (Lipinski definition) is 2. The van der Waals surface area contributed by atoms with Crippen molar-refractivity contribution in [3.05, 3.63) is 22.3 Å². The van der Waals surface area contributed by atoms with E-state index < -0.39 is 0 Å². The number of piperazine rings is 1. The van der Waals surface area contributed by atoms with E-state index in [1.165, 1.54) is 6.20 Å². The minimum absolute atomic E-state index is 0.444. The lowest BCUT2D eigenvalue weighted by Crippen LogP contribution is -2.48. The fourth-order valence-electron chi connectivity index (χ4n) is 1.72. The van der Waals surface area contributed by atoms with Gasteiger partial charge in [0, 0.05) is 31.9 Å². The molecule has 0 aromatic carbocycles. The highest BCUT2D eigenvalue weighted by Gasteiger charge is 2.12. The van der Waals surface area contributed by atoms with Crippen LogP contribution in [0.1, 0.15) is 6.42 Å². The Balaban J connectivity index is 1.77. The Bertz CT molecular complexity index is 370. The topological polar surface area (TPSA) is 46.2 Å². The van der Waals surface area contributed by atoms with Crippen molar-refractivity contribution in [2.75, 3.05) is 26.2 Å². The van der Waals surface area contributed by atoms with Gasteiger partial charge >= 0.3 is 0 Å². The summed E-state index contributed by atoms with van der Waals surface area (Å²) < 4.78 is 5.53. The normalized spacial score (nSPS) is 20.2. The van der Waals surface area contributed by atoms with E-state index in [9.17, 15) is 0 Å². The van der Waals surface area contributed by atoms with Crippen molar-refractivity contribution in [1.82, 2.24) is 15.6 Å². The molecule has 2 rings (SSSR count). The summed E-state index contributed by atoms with van der Waals surface area (Å²) in [5.41, 5.74) is 0. The zero-order valence-corrected chi connectivity index (χ0v) is 10.9. The zero-order valence-electron chi connectivity index (χ0n) is 9.38. The van der Waals surface area contributed by atoms with E-state index in [-0.39, 0.29) is 0 Å². The number of aromatic nitrogens is 1. The first-order valence-corrected chi connectivity index (χ1v) is 6.39. The molecule has 6 heteroatoms. The van der Waals surface area contributed by atoms with Crippen LogP contribution in [0.15, 0.2) is 12.3 Å². The molecular formula is C11H15Cl2N3O. The monoisotopic (exact) mass is 275 g/mol. The van der Waals surface area contributed by atoms with E-state index in [1.54, 1.807) is 6.07 Å². The maximum atomic E-state index is 5.95. The number of hydrogen-bond acceptors (Lipinski definition) is 4. The Morgan fingerprint density at radius 2 is 2.29 bits per heavy atom. The third-order valence-corrected chi connectivity index (χ3v) is 3.08. The Kier molecular flexibility index (Phi) is 4.86. The fraction of sp³-hybridized carbons (Fsp3) is 0.545. The molecule has 0 radical (unpaired) electrons. The molecule has 1 aromatic heterocycles. The summed E-state index contributed by atoms with van der Waals surface area (Å²) >= 11 is 11.7. The first-order chi connectivity index (χ1) is 8.25. The van der Waals surface area contributed by atoms with Crippen LogP contribution in [0.3, 0.4) is 0 Å². The molecule has 0 bridgehead atoms. The number of nitrogens with zero attached hydrogens (tertiary/aromatic N) is 1. The van der Waals surface area contributed by atoms with Gasteiger partial charge in [-0.05, 0) is 12.5 Å². The van der Waals surface area contributed by atoms with Gasteiger partial charge in [-0.15, -0.1) is 0 Å². The molecule has 0 amide bonds. The highest BCUT2D eigenvalue weighted by Crippen LogP contribution is 2.24. The van der Waals surface area contributed by atoms with E-state index in [4.69, 9.17) is 27.9 Å². The van der Waals surface area contributed by atoms with Crippen LogP contribution in [0.2, 0.25) is 10.0 Å². The van der Waals surface area contributed by atoms with Crippen molar-refractivity contribution >= 4 is 23.2 Å². The number of halogens is 2. The van der Waals surface area contributed by atoms with Crippen LogP contribution >= 0.6 is 23.2 Å². The highest BCUT2D eigenvalue weighted by molar-refractivity contribution is 6.35. The van der Waals surface area contributed by atoms with Crippen molar-refractivity contribution in [2.45, 2.75) is 12.5 Å². The summed E-state index contributed by atoms with van der Waals surface area (Å²) in [4.78, 5) is 4.04. The van der Waals surface area contributed by atoms with Crippen LogP contribution in [0.5, 0.6) is 5.88 Å². The van der Waals surface area contributed by atoms with Crippen LogP contribution < -0.4 is 15.4 Å². The molecule has 1 aliphatic heterocycles. The molecule has 0 saturated carbocycles. The van der Waals surface area contributed by atoms with Gasteiger partial charge < -0.3 is 15.4 Å². The van der Waals surface area contributed by atoms with Crippen LogP contribution in [0.4, 0.5) is 0 Å². The number of ether oxygens (including phenoxy) is 1. The van der Waals surface area contributed by atoms with Gasteiger partial charge in [-0.25, -0.2) is 4.98 Å².